The fourth-order valence-electron chi connectivity index (χ4n) is 4.75. The molecule has 13 nitrogen and oxygen atoms in total. The first-order valence-electron chi connectivity index (χ1n) is 13.6. The van der Waals surface area contributed by atoms with Crippen molar-refractivity contribution in [3.8, 4) is 0 Å². The number of rotatable bonds is 13. The SMILES string of the molecule is C[C@H](N)C(=O)N[C@@H](CCCCN)C(=O)N[C@H](C(=O)N(C1CCCCC1)n1cc(N)nn1)C(=C=O)c1ccccc1. The maximum atomic E-state index is 14.3. The van der Waals surface area contributed by atoms with E-state index in [1.54, 1.807) is 30.3 Å². The van der Waals surface area contributed by atoms with Crippen LogP contribution in [0.2, 0.25) is 0 Å². The van der Waals surface area contributed by atoms with Crippen LogP contribution in [-0.4, -0.2) is 69.5 Å². The Hall–Kier alpha value is -4.06. The average molecular weight is 554 g/mol. The molecule has 8 N–H and O–H groups in total. The van der Waals surface area contributed by atoms with Gasteiger partial charge in [-0.05, 0) is 56.3 Å². The van der Waals surface area contributed by atoms with E-state index < -0.39 is 35.8 Å². The van der Waals surface area contributed by atoms with Gasteiger partial charge in [0.2, 0.25) is 11.8 Å². The largest absolute Gasteiger partial charge is 0.381 e. The summed E-state index contributed by atoms with van der Waals surface area (Å²) in [5.41, 5.74) is 17.5. The van der Waals surface area contributed by atoms with E-state index in [2.05, 4.69) is 20.9 Å². The zero-order chi connectivity index (χ0) is 29.1. The number of nitrogen functional groups attached to an aromatic ring is 1. The Morgan fingerprint density at radius 2 is 1.80 bits per heavy atom. The van der Waals surface area contributed by atoms with Gasteiger partial charge in [0.25, 0.3) is 5.91 Å². The van der Waals surface area contributed by atoms with Gasteiger partial charge in [-0.3, -0.25) is 14.4 Å². The summed E-state index contributed by atoms with van der Waals surface area (Å²) in [6.45, 7) is 1.92. The molecule has 3 amide bonds. The van der Waals surface area contributed by atoms with Crippen LogP contribution in [0.4, 0.5) is 5.82 Å². The quantitative estimate of drug-likeness (QED) is 0.167. The minimum atomic E-state index is -1.44. The Morgan fingerprint density at radius 3 is 2.38 bits per heavy atom. The molecule has 1 aromatic heterocycles. The van der Waals surface area contributed by atoms with Crippen molar-refractivity contribution in [3.05, 3.63) is 42.1 Å². The van der Waals surface area contributed by atoms with Crippen molar-refractivity contribution >= 4 is 35.1 Å². The standard InChI is InChI=1S/C27H39N9O4/c1-18(29)25(38)31-22(14-8-9-15-28)26(39)32-24(21(17-37)19-10-4-2-5-11-19)27(40)36(20-12-6-3-7-13-20)35-16-23(30)33-34-35/h2,4-5,10-11,16,18,20,22,24H,3,6-9,12-15,28-30H2,1H3,(H,31,38)(H,32,39)/t18-,22-,24-/m0/s1. The number of carbonyl (C=O) groups excluding carboxylic acids is 4. The third-order valence-electron chi connectivity index (χ3n) is 6.88. The summed E-state index contributed by atoms with van der Waals surface area (Å²) in [7, 11) is 0. The molecule has 13 heteroatoms. The third-order valence-corrected chi connectivity index (χ3v) is 6.88. The van der Waals surface area contributed by atoms with E-state index in [1.807, 2.05) is 5.94 Å². The van der Waals surface area contributed by atoms with Crippen molar-refractivity contribution in [2.24, 2.45) is 11.5 Å². The summed E-state index contributed by atoms with van der Waals surface area (Å²) in [6, 6.07) is 4.95. The first-order valence-corrected chi connectivity index (χ1v) is 13.6. The lowest BCUT2D eigenvalue weighted by atomic mass is 9.93. The van der Waals surface area contributed by atoms with Crippen molar-refractivity contribution in [2.75, 3.05) is 17.3 Å². The lowest BCUT2D eigenvalue weighted by Crippen LogP contribution is -2.60. The number of carbonyl (C=O) groups is 3. The molecule has 0 spiro atoms. The van der Waals surface area contributed by atoms with E-state index in [9.17, 15) is 19.2 Å². The molecule has 3 rings (SSSR count). The third kappa shape index (κ3) is 7.98. The van der Waals surface area contributed by atoms with Gasteiger partial charge >= 0.3 is 0 Å². The molecule has 1 fully saturated rings. The highest BCUT2D eigenvalue weighted by Crippen LogP contribution is 2.25. The molecule has 0 radical (unpaired) electrons. The molecule has 1 aromatic carbocycles. The van der Waals surface area contributed by atoms with E-state index in [1.165, 1.54) is 22.9 Å². The van der Waals surface area contributed by atoms with Gasteiger partial charge in [-0.2, -0.15) is 4.79 Å². The molecule has 0 saturated heterocycles. The van der Waals surface area contributed by atoms with Gasteiger partial charge in [-0.25, -0.2) is 9.80 Å². The lowest BCUT2D eigenvalue weighted by molar-refractivity contribution is -0.131. The second-order valence-electron chi connectivity index (χ2n) is 10.00. The number of nitrogens with two attached hydrogens (primary N) is 3. The van der Waals surface area contributed by atoms with E-state index in [0.29, 0.717) is 37.8 Å². The number of nitrogens with one attached hydrogen (secondary N) is 2. The van der Waals surface area contributed by atoms with Crippen LogP contribution < -0.4 is 32.8 Å². The molecule has 40 heavy (non-hydrogen) atoms. The molecule has 3 atom stereocenters. The van der Waals surface area contributed by atoms with Crippen LogP contribution in [0.5, 0.6) is 0 Å². The van der Waals surface area contributed by atoms with E-state index >= 15 is 0 Å². The summed E-state index contributed by atoms with van der Waals surface area (Å²) >= 11 is 0. The number of hydrogen-bond donors (Lipinski definition) is 5. The van der Waals surface area contributed by atoms with Crippen molar-refractivity contribution in [3.63, 3.8) is 0 Å². The number of anilines is 1. The predicted octanol–water partition coefficient (Wildman–Crippen LogP) is 0.0186. The number of benzene rings is 1. The molecule has 1 saturated carbocycles. The minimum Gasteiger partial charge on any atom is -0.381 e. The van der Waals surface area contributed by atoms with Gasteiger partial charge in [-0.1, -0.05) is 49.6 Å². The molecular weight excluding hydrogens is 514 g/mol. The van der Waals surface area contributed by atoms with Gasteiger partial charge in [-0.15, -0.1) is 5.10 Å². The maximum absolute atomic E-state index is 14.3. The van der Waals surface area contributed by atoms with Crippen molar-refractivity contribution in [1.82, 2.24) is 25.7 Å². The van der Waals surface area contributed by atoms with Crippen LogP contribution in [0.1, 0.15) is 63.9 Å². The van der Waals surface area contributed by atoms with Crippen molar-refractivity contribution in [1.29, 1.82) is 0 Å². The Morgan fingerprint density at radius 1 is 1.10 bits per heavy atom. The maximum Gasteiger partial charge on any atom is 0.270 e. The first kappa shape index (κ1) is 30.5. The number of unbranched alkanes of at least 4 members (excludes halogenated alkanes) is 1. The van der Waals surface area contributed by atoms with E-state index in [0.717, 1.165) is 19.3 Å². The summed E-state index contributed by atoms with van der Waals surface area (Å²) in [4.78, 5) is 54.0. The first-order chi connectivity index (χ1) is 19.3. The molecule has 0 bridgehead atoms. The molecule has 1 aliphatic carbocycles. The molecule has 1 heterocycles. The minimum absolute atomic E-state index is 0.0629. The predicted molar refractivity (Wildman–Crippen MR) is 150 cm³/mol. The lowest BCUT2D eigenvalue weighted by Gasteiger charge is -2.36. The van der Waals surface area contributed by atoms with Crippen LogP contribution in [-0.2, 0) is 19.2 Å². The van der Waals surface area contributed by atoms with Crippen LogP contribution in [0.15, 0.2) is 36.5 Å². The zero-order valence-corrected chi connectivity index (χ0v) is 22.8. The van der Waals surface area contributed by atoms with Crippen molar-refractivity contribution < 1.29 is 19.2 Å². The summed E-state index contributed by atoms with van der Waals surface area (Å²) in [5, 5.41) is 14.6. The molecule has 2 aromatic rings. The topological polar surface area (TPSA) is 204 Å². The second kappa shape index (κ2) is 14.9. The van der Waals surface area contributed by atoms with Crippen LogP contribution in [0.25, 0.3) is 5.57 Å². The summed E-state index contributed by atoms with van der Waals surface area (Å²) < 4.78 is 0. The Bertz CT molecular complexity index is 1190. The highest BCUT2D eigenvalue weighted by atomic mass is 16.2. The molecule has 0 unspecified atom stereocenters. The molecule has 0 aliphatic heterocycles. The van der Waals surface area contributed by atoms with Crippen LogP contribution >= 0.6 is 0 Å². The van der Waals surface area contributed by atoms with Crippen LogP contribution in [0.3, 0.4) is 0 Å². The summed E-state index contributed by atoms with van der Waals surface area (Å²) in [5.74, 6) is 0.223. The average Bonchev–Trinajstić information content (AvgIpc) is 3.38. The van der Waals surface area contributed by atoms with Crippen LogP contribution in [0, 0.1) is 0 Å². The van der Waals surface area contributed by atoms with Crippen molar-refractivity contribution in [2.45, 2.75) is 82.5 Å². The van der Waals surface area contributed by atoms with E-state index in [-0.39, 0.29) is 23.9 Å². The Labute approximate surface area is 233 Å². The number of nitrogens with zero attached hydrogens (tertiary/aromatic N) is 4. The van der Waals surface area contributed by atoms with Gasteiger partial charge in [0.1, 0.15) is 18.0 Å². The Kier molecular flexibility index (Phi) is 11.4. The number of hydrogen-bond acceptors (Lipinski definition) is 9. The second-order valence-corrected chi connectivity index (χ2v) is 10.00. The zero-order valence-electron chi connectivity index (χ0n) is 22.8. The molecule has 1 aliphatic rings. The fourth-order valence-corrected chi connectivity index (χ4v) is 4.75. The molecular formula is C27H39N9O4. The highest BCUT2D eigenvalue weighted by Gasteiger charge is 2.38. The summed E-state index contributed by atoms with van der Waals surface area (Å²) in [6.07, 6.45) is 7.09. The van der Waals surface area contributed by atoms with Gasteiger partial charge in [0, 0.05) is 0 Å². The monoisotopic (exact) mass is 553 g/mol. The van der Waals surface area contributed by atoms with E-state index in [4.69, 9.17) is 17.2 Å². The van der Waals surface area contributed by atoms with Gasteiger partial charge in [0.15, 0.2) is 5.82 Å². The number of aromatic nitrogens is 3. The van der Waals surface area contributed by atoms with Gasteiger partial charge in [0.05, 0.1) is 23.9 Å². The molecule has 216 valence electrons. The van der Waals surface area contributed by atoms with Gasteiger partial charge < -0.3 is 27.8 Å². The number of amides is 3. The Balaban J connectivity index is 2.02. The smallest absolute Gasteiger partial charge is 0.270 e. The highest BCUT2D eigenvalue weighted by molar-refractivity contribution is 6.09. The fraction of sp³-hybridized carbons (Fsp3) is 0.519. The normalized spacial score (nSPS) is 15.8.